The van der Waals surface area contributed by atoms with Crippen molar-refractivity contribution in [1.82, 2.24) is 14.5 Å². The third-order valence-corrected chi connectivity index (χ3v) is 3.82. The third kappa shape index (κ3) is 2.12. The molecule has 2 aromatic heterocycles. The fourth-order valence-corrected chi connectivity index (χ4v) is 2.79. The molecule has 94 valence electrons. The number of hydrogen-bond donors (Lipinski definition) is 0. The molecule has 0 saturated heterocycles. The number of fused-ring (bicyclic) bond motifs is 1. The highest BCUT2D eigenvalue weighted by Gasteiger charge is 2.20. The maximum atomic E-state index is 5.99. The smallest absolute Gasteiger partial charge is 0.133 e. The van der Waals surface area contributed by atoms with Gasteiger partial charge in [-0.05, 0) is 22.0 Å². The average Bonchev–Trinajstić information content (AvgIpc) is 2.85. The SMILES string of the molecule is ClCc1cc(Br)cnc1N1CCn2ccnc2C1. The predicted molar refractivity (Wildman–Crippen MR) is 74.8 cm³/mol. The number of halogens is 2. The summed E-state index contributed by atoms with van der Waals surface area (Å²) >= 11 is 9.42. The lowest BCUT2D eigenvalue weighted by Gasteiger charge is -2.29. The van der Waals surface area contributed by atoms with E-state index in [-0.39, 0.29) is 0 Å². The van der Waals surface area contributed by atoms with Crippen molar-refractivity contribution in [3.8, 4) is 0 Å². The fourth-order valence-electron chi connectivity index (χ4n) is 2.21. The summed E-state index contributed by atoms with van der Waals surface area (Å²) in [6, 6.07) is 2.02. The summed E-state index contributed by atoms with van der Waals surface area (Å²) in [6.07, 6.45) is 5.67. The van der Waals surface area contributed by atoms with Crippen LogP contribution in [0.3, 0.4) is 0 Å². The first-order valence-corrected chi connectivity index (χ1v) is 7.06. The van der Waals surface area contributed by atoms with Crippen LogP contribution in [-0.4, -0.2) is 21.1 Å². The summed E-state index contributed by atoms with van der Waals surface area (Å²) in [4.78, 5) is 11.1. The van der Waals surface area contributed by atoms with Crippen molar-refractivity contribution < 1.29 is 0 Å². The Morgan fingerprint density at radius 2 is 2.22 bits per heavy atom. The maximum absolute atomic E-state index is 5.99. The molecule has 0 unspecified atom stereocenters. The number of imidazole rings is 1. The van der Waals surface area contributed by atoms with E-state index in [0.29, 0.717) is 5.88 Å². The number of pyridine rings is 1. The van der Waals surface area contributed by atoms with E-state index >= 15 is 0 Å². The highest BCUT2D eigenvalue weighted by Crippen LogP contribution is 2.25. The molecule has 0 radical (unpaired) electrons. The first-order valence-electron chi connectivity index (χ1n) is 5.73. The molecule has 1 aliphatic heterocycles. The molecule has 2 aromatic rings. The van der Waals surface area contributed by atoms with Gasteiger partial charge in [0.15, 0.2) is 0 Å². The number of nitrogens with zero attached hydrogens (tertiary/aromatic N) is 4. The van der Waals surface area contributed by atoms with Crippen molar-refractivity contribution in [1.29, 1.82) is 0 Å². The molecule has 0 spiro atoms. The number of hydrogen-bond acceptors (Lipinski definition) is 3. The number of aromatic nitrogens is 3. The van der Waals surface area contributed by atoms with Gasteiger partial charge < -0.3 is 9.47 Å². The topological polar surface area (TPSA) is 34.0 Å². The molecular weight excluding hydrogens is 316 g/mol. The van der Waals surface area contributed by atoms with Crippen LogP contribution in [0.1, 0.15) is 11.4 Å². The van der Waals surface area contributed by atoms with Gasteiger partial charge in [-0.3, -0.25) is 0 Å². The van der Waals surface area contributed by atoms with Gasteiger partial charge in [0.2, 0.25) is 0 Å². The zero-order chi connectivity index (χ0) is 12.5. The van der Waals surface area contributed by atoms with E-state index in [1.165, 1.54) is 0 Å². The van der Waals surface area contributed by atoms with E-state index in [0.717, 1.165) is 41.3 Å². The van der Waals surface area contributed by atoms with Crippen LogP contribution in [-0.2, 0) is 19.0 Å². The molecule has 1 aliphatic rings. The Morgan fingerprint density at radius 3 is 3.06 bits per heavy atom. The van der Waals surface area contributed by atoms with E-state index in [9.17, 15) is 0 Å². The van der Waals surface area contributed by atoms with Gasteiger partial charge in [-0.25, -0.2) is 9.97 Å². The molecule has 0 amide bonds. The Hall–Kier alpha value is -1.07. The largest absolute Gasteiger partial charge is 0.347 e. The normalized spacial score (nSPS) is 14.7. The monoisotopic (exact) mass is 326 g/mol. The van der Waals surface area contributed by atoms with Gasteiger partial charge in [-0.2, -0.15) is 0 Å². The van der Waals surface area contributed by atoms with E-state index in [1.807, 2.05) is 24.7 Å². The first-order chi connectivity index (χ1) is 8.78. The minimum absolute atomic E-state index is 0.465. The highest BCUT2D eigenvalue weighted by atomic mass is 79.9. The Balaban J connectivity index is 1.93. The van der Waals surface area contributed by atoms with Gasteiger partial charge in [0.1, 0.15) is 11.6 Å². The van der Waals surface area contributed by atoms with Crippen LogP contribution >= 0.6 is 27.5 Å². The van der Waals surface area contributed by atoms with Crippen LogP contribution in [0.4, 0.5) is 5.82 Å². The highest BCUT2D eigenvalue weighted by molar-refractivity contribution is 9.10. The molecule has 4 nitrogen and oxygen atoms in total. The maximum Gasteiger partial charge on any atom is 0.133 e. The van der Waals surface area contributed by atoms with Gasteiger partial charge >= 0.3 is 0 Å². The van der Waals surface area contributed by atoms with Crippen molar-refractivity contribution in [3.63, 3.8) is 0 Å². The van der Waals surface area contributed by atoms with Crippen molar-refractivity contribution in [2.45, 2.75) is 19.0 Å². The quantitative estimate of drug-likeness (QED) is 0.795. The van der Waals surface area contributed by atoms with Crippen LogP contribution in [0, 0.1) is 0 Å². The molecule has 3 heterocycles. The Labute approximate surface area is 119 Å². The fraction of sp³-hybridized carbons (Fsp3) is 0.333. The van der Waals surface area contributed by atoms with E-state index < -0.39 is 0 Å². The minimum Gasteiger partial charge on any atom is -0.347 e. The van der Waals surface area contributed by atoms with E-state index in [4.69, 9.17) is 11.6 Å². The Bertz CT molecular complexity index is 569. The standard InChI is InChI=1S/C12H12BrClN4/c13-10-5-9(6-14)12(16-7-10)18-4-3-17-2-1-15-11(17)8-18/h1-2,5,7H,3-4,6,8H2. The average molecular weight is 328 g/mol. The molecule has 18 heavy (non-hydrogen) atoms. The summed E-state index contributed by atoms with van der Waals surface area (Å²) < 4.78 is 3.14. The zero-order valence-corrected chi connectivity index (χ0v) is 12.0. The number of alkyl halides is 1. The summed E-state index contributed by atoms with van der Waals surface area (Å²) in [6.45, 7) is 2.65. The van der Waals surface area contributed by atoms with Gasteiger partial charge in [0.25, 0.3) is 0 Å². The molecule has 0 atom stereocenters. The van der Waals surface area contributed by atoms with Crippen molar-refractivity contribution in [2.75, 3.05) is 11.4 Å². The molecule has 0 fully saturated rings. The second-order valence-electron chi connectivity index (χ2n) is 4.23. The van der Waals surface area contributed by atoms with Crippen LogP contribution in [0.25, 0.3) is 0 Å². The number of rotatable bonds is 2. The van der Waals surface area contributed by atoms with Crippen molar-refractivity contribution in [2.24, 2.45) is 0 Å². The first kappa shape index (κ1) is 12.0. The third-order valence-electron chi connectivity index (χ3n) is 3.10. The van der Waals surface area contributed by atoms with Gasteiger partial charge in [-0.15, -0.1) is 11.6 Å². The molecule has 0 bridgehead atoms. The summed E-state index contributed by atoms with van der Waals surface area (Å²) in [5.41, 5.74) is 1.05. The second kappa shape index (κ2) is 4.90. The van der Waals surface area contributed by atoms with Gasteiger partial charge in [0, 0.05) is 41.7 Å². The lowest BCUT2D eigenvalue weighted by Crippen LogP contribution is -2.34. The molecule has 0 N–H and O–H groups in total. The van der Waals surface area contributed by atoms with Crippen LogP contribution < -0.4 is 4.90 Å². The second-order valence-corrected chi connectivity index (χ2v) is 5.41. The van der Waals surface area contributed by atoms with Crippen LogP contribution in [0.15, 0.2) is 29.1 Å². The Kier molecular flexibility index (Phi) is 3.26. The lowest BCUT2D eigenvalue weighted by atomic mass is 10.2. The van der Waals surface area contributed by atoms with Gasteiger partial charge in [0.05, 0.1) is 12.4 Å². The minimum atomic E-state index is 0.465. The predicted octanol–water partition coefficient (Wildman–Crippen LogP) is 2.80. The molecular formula is C12H12BrClN4. The molecule has 0 saturated carbocycles. The Morgan fingerprint density at radius 1 is 1.33 bits per heavy atom. The zero-order valence-electron chi connectivity index (χ0n) is 9.68. The molecule has 0 aliphatic carbocycles. The number of anilines is 1. The summed E-state index contributed by atoms with van der Waals surface area (Å²) in [5, 5.41) is 0. The summed E-state index contributed by atoms with van der Waals surface area (Å²) in [7, 11) is 0. The van der Waals surface area contributed by atoms with Crippen molar-refractivity contribution >= 4 is 33.3 Å². The van der Waals surface area contributed by atoms with Crippen LogP contribution in [0.5, 0.6) is 0 Å². The van der Waals surface area contributed by atoms with E-state index in [1.54, 1.807) is 0 Å². The molecule has 6 heteroatoms. The van der Waals surface area contributed by atoms with Gasteiger partial charge in [-0.1, -0.05) is 0 Å². The summed E-state index contributed by atoms with van der Waals surface area (Å²) in [5.74, 6) is 2.50. The molecule has 0 aromatic carbocycles. The van der Waals surface area contributed by atoms with Crippen molar-refractivity contribution in [3.05, 3.63) is 40.5 Å². The lowest BCUT2D eigenvalue weighted by molar-refractivity contribution is 0.555. The van der Waals surface area contributed by atoms with E-state index in [2.05, 4.69) is 35.4 Å². The molecule has 3 rings (SSSR count). The van der Waals surface area contributed by atoms with Crippen LogP contribution in [0.2, 0.25) is 0 Å².